The van der Waals surface area contributed by atoms with Crippen molar-refractivity contribution in [3.8, 4) is 0 Å². The van der Waals surface area contributed by atoms with Crippen molar-refractivity contribution in [1.82, 2.24) is 0 Å². The number of carbonyl (C=O) groups is 1. The Morgan fingerprint density at radius 1 is 1.47 bits per heavy atom. The Kier molecular flexibility index (Phi) is 4.82. The molecule has 0 unspecified atom stereocenters. The molecule has 84 valence electrons. The van der Waals surface area contributed by atoms with Crippen molar-refractivity contribution in [2.75, 3.05) is 7.11 Å². The summed E-state index contributed by atoms with van der Waals surface area (Å²) in [7, 11) is 1.42. The zero-order chi connectivity index (χ0) is 11.3. The van der Waals surface area contributed by atoms with Crippen LogP contribution in [0.4, 0.5) is 0 Å². The van der Waals surface area contributed by atoms with Crippen molar-refractivity contribution in [1.29, 1.82) is 0 Å². The molecule has 0 atom stereocenters. The highest BCUT2D eigenvalue weighted by Gasteiger charge is 2.11. The number of unbranched alkanes of at least 4 members (excludes halogenated alkanes) is 2. The minimum atomic E-state index is -0.218. The van der Waals surface area contributed by atoms with Crippen LogP contribution >= 0.6 is 11.3 Å². The van der Waals surface area contributed by atoms with E-state index in [-0.39, 0.29) is 5.97 Å². The van der Waals surface area contributed by atoms with E-state index in [0.717, 1.165) is 11.3 Å². The van der Waals surface area contributed by atoms with Gasteiger partial charge in [0.25, 0.3) is 0 Å². The number of carbonyl (C=O) groups excluding carboxylic acids is 1. The zero-order valence-corrected chi connectivity index (χ0v) is 10.4. The first-order valence-corrected chi connectivity index (χ1v) is 6.18. The average molecular weight is 226 g/mol. The van der Waals surface area contributed by atoms with Gasteiger partial charge in [0.05, 0.1) is 7.11 Å². The molecule has 0 saturated heterocycles. The second-order valence-electron chi connectivity index (χ2n) is 3.67. The molecular formula is C12H18O2S. The molecule has 0 aliphatic rings. The average Bonchev–Trinajstić information content (AvgIpc) is 2.60. The molecule has 0 amide bonds. The van der Waals surface area contributed by atoms with Crippen molar-refractivity contribution in [3.05, 3.63) is 21.4 Å². The lowest BCUT2D eigenvalue weighted by Crippen LogP contribution is -1.96. The Balaban J connectivity index is 2.64. The van der Waals surface area contributed by atoms with Crippen molar-refractivity contribution in [2.45, 2.75) is 39.5 Å². The smallest absolute Gasteiger partial charge is 0.348 e. The maximum Gasteiger partial charge on any atom is 0.348 e. The van der Waals surface area contributed by atoms with Gasteiger partial charge in [-0.15, -0.1) is 11.3 Å². The monoisotopic (exact) mass is 226 g/mol. The van der Waals surface area contributed by atoms with Crippen LogP contribution in [-0.2, 0) is 11.2 Å². The summed E-state index contributed by atoms with van der Waals surface area (Å²) in [6.07, 6.45) is 4.78. The van der Waals surface area contributed by atoms with Crippen LogP contribution in [0.3, 0.4) is 0 Å². The van der Waals surface area contributed by atoms with Gasteiger partial charge < -0.3 is 4.74 Å². The van der Waals surface area contributed by atoms with Crippen LogP contribution in [0.2, 0.25) is 0 Å². The molecule has 3 heteroatoms. The van der Waals surface area contributed by atoms with Crippen LogP contribution in [0, 0.1) is 6.92 Å². The largest absolute Gasteiger partial charge is 0.465 e. The number of aryl methyl sites for hydroxylation is 2. The number of esters is 1. The minimum absolute atomic E-state index is 0.218. The number of hydrogen-bond donors (Lipinski definition) is 0. The van der Waals surface area contributed by atoms with Crippen molar-refractivity contribution in [2.24, 2.45) is 0 Å². The second kappa shape index (κ2) is 5.91. The summed E-state index contributed by atoms with van der Waals surface area (Å²) in [4.78, 5) is 13.3. The lowest BCUT2D eigenvalue weighted by molar-refractivity contribution is 0.0606. The summed E-state index contributed by atoms with van der Waals surface area (Å²) in [6, 6.07) is 1.93. The third-order valence-electron chi connectivity index (χ3n) is 2.41. The molecule has 0 saturated carbocycles. The molecule has 0 bridgehead atoms. The molecule has 0 radical (unpaired) electrons. The lowest BCUT2D eigenvalue weighted by Gasteiger charge is -1.97. The van der Waals surface area contributed by atoms with E-state index < -0.39 is 0 Å². The SMILES string of the molecule is CCCCCc1sc(C(=O)OC)cc1C. The van der Waals surface area contributed by atoms with E-state index in [1.807, 2.05) is 6.07 Å². The van der Waals surface area contributed by atoms with E-state index in [0.29, 0.717) is 0 Å². The normalized spacial score (nSPS) is 10.3. The number of thiophene rings is 1. The minimum Gasteiger partial charge on any atom is -0.465 e. The molecule has 0 spiro atoms. The molecule has 2 nitrogen and oxygen atoms in total. The van der Waals surface area contributed by atoms with Gasteiger partial charge in [0, 0.05) is 4.88 Å². The van der Waals surface area contributed by atoms with E-state index in [1.54, 1.807) is 11.3 Å². The summed E-state index contributed by atoms with van der Waals surface area (Å²) in [5.41, 5.74) is 1.22. The highest BCUT2D eigenvalue weighted by Crippen LogP contribution is 2.24. The lowest BCUT2D eigenvalue weighted by atomic mass is 10.1. The van der Waals surface area contributed by atoms with Gasteiger partial charge in [-0.25, -0.2) is 4.79 Å². The van der Waals surface area contributed by atoms with Gasteiger partial charge in [0.1, 0.15) is 4.88 Å². The van der Waals surface area contributed by atoms with Crippen LogP contribution in [0.15, 0.2) is 6.07 Å². The zero-order valence-electron chi connectivity index (χ0n) is 9.63. The summed E-state index contributed by atoms with van der Waals surface area (Å²) < 4.78 is 4.70. The van der Waals surface area contributed by atoms with Crippen LogP contribution in [0.1, 0.15) is 46.3 Å². The molecule has 15 heavy (non-hydrogen) atoms. The van der Waals surface area contributed by atoms with E-state index in [1.165, 1.54) is 36.8 Å². The van der Waals surface area contributed by atoms with Gasteiger partial charge in [0.2, 0.25) is 0 Å². The maximum atomic E-state index is 11.3. The molecule has 1 heterocycles. The Morgan fingerprint density at radius 2 is 2.20 bits per heavy atom. The van der Waals surface area contributed by atoms with Crippen molar-refractivity contribution < 1.29 is 9.53 Å². The molecule has 1 aromatic heterocycles. The van der Waals surface area contributed by atoms with Gasteiger partial charge >= 0.3 is 5.97 Å². The van der Waals surface area contributed by atoms with Crippen molar-refractivity contribution >= 4 is 17.3 Å². The number of methoxy groups -OCH3 is 1. The van der Waals surface area contributed by atoms with Gasteiger partial charge in [0.15, 0.2) is 0 Å². The summed E-state index contributed by atoms with van der Waals surface area (Å²) in [5, 5.41) is 0. The third kappa shape index (κ3) is 3.34. The fourth-order valence-corrected chi connectivity index (χ4v) is 2.64. The van der Waals surface area contributed by atoms with Crippen LogP contribution in [0.25, 0.3) is 0 Å². The van der Waals surface area contributed by atoms with E-state index in [2.05, 4.69) is 13.8 Å². The molecule has 0 N–H and O–H groups in total. The van der Waals surface area contributed by atoms with E-state index in [4.69, 9.17) is 4.74 Å². The number of hydrogen-bond acceptors (Lipinski definition) is 3. The third-order valence-corrected chi connectivity index (χ3v) is 3.69. The summed E-state index contributed by atoms with van der Waals surface area (Å²) >= 11 is 1.57. The molecule has 0 aromatic carbocycles. The molecule has 0 aliphatic carbocycles. The first-order chi connectivity index (χ1) is 7.19. The Hall–Kier alpha value is -0.830. The molecule has 0 aliphatic heterocycles. The topological polar surface area (TPSA) is 26.3 Å². The van der Waals surface area contributed by atoms with Crippen LogP contribution in [-0.4, -0.2) is 13.1 Å². The highest BCUT2D eigenvalue weighted by molar-refractivity contribution is 7.14. The van der Waals surface area contributed by atoms with Gasteiger partial charge in [-0.3, -0.25) is 0 Å². The quantitative estimate of drug-likeness (QED) is 0.566. The Labute approximate surface area is 95.3 Å². The maximum absolute atomic E-state index is 11.3. The molecule has 1 rings (SSSR count). The van der Waals surface area contributed by atoms with Crippen molar-refractivity contribution in [3.63, 3.8) is 0 Å². The van der Waals surface area contributed by atoms with E-state index in [9.17, 15) is 4.79 Å². The van der Waals surface area contributed by atoms with Gasteiger partial charge in [-0.2, -0.15) is 0 Å². The highest BCUT2D eigenvalue weighted by atomic mass is 32.1. The fourth-order valence-electron chi connectivity index (χ4n) is 1.50. The fraction of sp³-hybridized carbons (Fsp3) is 0.583. The molecular weight excluding hydrogens is 208 g/mol. The second-order valence-corrected chi connectivity index (χ2v) is 4.80. The first kappa shape index (κ1) is 12.2. The predicted octanol–water partition coefficient (Wildman–Crippen LogP) is 3.58. The first-order valence-electron chi connectivity index (χ1n) is 5.36. The van der Waals surface area contributed by atoms with E-state index >= 15 is 0 Å². The Morgan fingerprint density at radius 3 is 2.80 bits per heavy atom. The molecule has 1 aromatic rings. The van der Waals surface area contributed by atoms with Gasteiger partial charge in [-0.05, 0) is 31.4 Å². The number of ether oxygens (including phenoxy) is 1. The van der Waals surface area contributed by atoms with Crippen LogP contribution < -0.4 is 0 Å². The molecule has 0 fully saturated rings. The summed E-state index contributed by atoms with van der Waals surface area (Å²) in [6.45, 7) is 4.26. The standard InChI is InChI=1S/C12H18O2S/c1-4-5-6-7-10-9(2)8-11(15-10)12(13)14-3/h8H,4-7H2,1-3H3. The van der Waals surface area contributed by atoms with Crippen LogP contribution in [0.5, 0.6) is 0 Å². The predicted molar refractivity (Wildman–Crippen MR) is 63.6 cm³/mol. The number of rotatable bonds is 5. The summed E-state index contributed by atoms with van der Waals surface area (Å²) in [5.74, 6) is -0.218. The van der Waals surface area contributed by atoms with Gasteiger partial charge in [-0.1, -0.05) is 19.8 Å². The Bertz CT molecular complexity index is 328.